The number of nitrogens with one attached hydrogen (secondary N) is 2. The summed E-state index contributed by atoms with van der Waals surface area (Å²) >= 11 is 5.64. The number of piperazine rings is 1. The number of thiocarbonyl (C=S) groups is 1. The van der Waals surface area contributed by atoms with Crippen LogP contribution in [-0.4, -0.2) is 48.8 Å². The normalized spacial score (nSPS) is 20.4. The predicted molar refractivity (Wildman–Crippen MR) is 105 cm³/mol. The van der Waals surface area contributed by atoms with Gasteiger partial charge >= 0.3 is 0 Å². The van der Waals surface area contributed by atoms with Crippen LogP contribution in [0.4, 0.5) is 0 Å². The molecule has 1 aliphatic heterocycles. The second-order valence-corrected chi connectivity index (χ2v) is 7.43. The van der Waals surface area contributed by atoms with Crippen molar-refractivity contribution >= 4 is 23.4 Å². The fourth-order valence-corrected chi connectivity index (χ4v) is 4.02. The van der Waals surface area contributed by atoms with Crippen molar-refractivity contribution in [3.63, 3.8) is 0 Å². The summed E-state index contributed by atoms with van der Waals surface area (Å²) < 4.78 is 0. The average Bonchev–Trinajstić information content (AvgIpc) is 2.64. The highest BCUT2D eigenvalue weighted by atomic mass is 32.1. The summed E-state index contributed by atoms with van der Waals surface area (Å²) in [6, 6.07) is 11.2. The first-order chi connectivity index (χ1) is 11.8. The number of hydrogen-bond acceptors (Lipinski definition) is 1. The van der Waals surface area contributed by atoms with Crippen LogP contribution in [0.25, 0.3) is 6.08 Å². The zero-order valence-electron chi connectivity index (χ0n) is 14.5. The molecule has 0 radical (unpaired) electrons. The number of rotatable bonds is 4. The molecule has 130 valence electrons. The van der Waals surface area contributed by atoms with Crippen molar-refractivity contribution in [3.8, 4) is 0 Å². The maximum atomic E-state index is 5.64. The van der Waals surface area contributed by atoms with Gasteiger partial charge in [0.1, 0.15) is 0 Å². The van der Waals surface area contributed by atoms with E-state index >= 15 is 0 Å². The second-order valence-electron chi connectivity index (χ2n) is 7.04. The summed E-state index contributed by atoms with van der Waals surface area (Å²) in [5, 5.41) is 4.59. The van der Waals surface area contributed by atoms with Crippen molar-refractivity contribution in [1.82, 2.24) is 10.2 Å². The first kappa shape index (κ1) is 17.4. The van der Waals surface area contributed by atoms with Crippen LogP contribution < -0.4 is 10.2 Å². The quantitative estimate of drug-likeness (QED) is 0.816. The third-order valence-electron chi connectivity index (χ3n) is 5.21. The lowest BCUT2D eigenvalue weighted by Crippen LogP contribution is -3.14. The smallest absolute Gasteiger partial charge is 0.169 e. The van der Waals surface area contributed by atoms with E-state index < -0.39 is 0 Å². The highest BCUT2D eigenvalue weighted by molar-refractivity contribution is 7.80. The molecule has 1 saturated heterocycles. The minimum atomic E-state index is 0.616. The van der Waals surface area contributed by atoms with Crippen LogP contribution >= 0.6 is 12.2 Å². The van der Waals surface area contributed by atoms with Gasteiger partial charge in [-0.2, -0.15) is 0 Å². The molecule has 4 heteroatoms. The third kappa shape index (κ3) is 5.32. The maximum Gasteiger partial charge on any atom is 0.169 e. The standard InChI is InChI=1S/C20H29N3S/c24-20(21-19-11-5-2-6-12-19)23-16-14-22(15-17-23)13-7-10-18-8-3-1-4-9-18/h1,3-4,7-10,19H,2,5-6,11-17H2,(H,21,24)/p+1/b10-7+. The van der Waals surface area contributed by atoms with E-state index in [1.54, 1.807) is 4.90 Å². The van der Waals surface area contributed by atoms with Gasteiger partial charge in [0.25, 0.3) is 0 Å². The molecular weight excluding hydrogens is 314 g/mol. The van der Waals surface area contributed by atoms with E-state index in [0.29, 0.717) is 6.04 Å². The minimum Gasteiger partial charge on any atom is -0.360 e. The van der Waals surface area contributed by atoms with Crippen LogP contribution in [0.5, 0.6) is 0 Å². The molecule has 1 aromatic carbocycles. The molecule has 3 rings (SSSR count). The summed E-state index contributed by atoms with van der Waals surface area (Å²) in [5.74, 6) is 0. The Hall–Kier alpha value is -1.39. The first-order valence-corrected chi connectivity index (χ1v) is 9.83. The van der Waals surface area contributed by atoms with E-state index in [2.05, 4.69) is 52.7 Å². The maximum absolute atomic E-state index is 5.64. The van der Waals surface area contributed by atoms with Crippen LogP contribution in [0.2, 0.25) is 0 Å². The van der Waals surface area contributed by atoms with E-state index in [4.69, 9.17) is 12.2 Å². The van der Waals surface area contributed by atoms with Crippen molar-refractivity contribution in [2.45, 2.75) is 38.1 Å². The summed E-state index contributed by atoms with van der Waals surface area (Å²) in [6.07, 6.45) is 11.2. The Labute approximate surface area is 151 Å². The van der Waals surface area contributed by atoms with Crippen LogP contribution in [0.15, 0.2) is 36.4 Å². The number of hydrogen-bond donors (Lipinski definition) is 2. The molecule has 3 nitrogen and oxygen atoms in total. The van der Waals surface area contributed by atoms with Gasteiger partial charge in [-0.3, -0.25) is 0 Å². The van der Waals surface area contributed by atoms with E-state index in [1.165, 1.54) is 50.8 Å². The molecule has 24 heavy (non-hydrogen) atoms. The largest absolute Gasteiger partial charge is 0.360 e. The van der Waals surface area contributed by atoms with Gasteiger partial charge in [0, 0.05) is 6.04 Å². The van der Waals surface area contributed by atoms with Gasteiger partial charge in [0.05, 0.1) is 32.7 Å². The Morgan fingerprint density at radius 1 is 1.12 bits per heavy atom. The minimum absolute atomic E-state index is 0.616. The molecule has 0 atom stereocenters. The van der Waals surface area contributed by atoms with Gasteiger partial charge in [0.15, 0.2) is 5.11 Å². The lowest BCUT2D eigenvalue weighted by atomic mass is 9.96. The third-order valence-corrected chi connectivity index (χ3v) is 5.58. The van der Waals surface area contributed by atoms with Gasteiger partial charge < -0.3 is 15.1 Å². The first-order valence-electron chi connectivity index (χ1n) is 9.42. The topological polar surface area (TPSA) is 19.7 Å². The Morgan fingerprint density at radius 2 is 1.83 bits per heavy atom. The van der Waals surface area contributed by atoms with E-state index in [9.17, 15) is 0 Å². The van der Waals surface area contributed by atoms with Crippen molar-refractivity contribution in [2.75, 3.05) is 32.7 Å². The fraction of sp³-hybridized carbons (Fsp3) is 0.550. The van der Waals surface area contributed by atoms with Crippen LogP contribution in [0.1, 0.15) is 37.7 Å². The monoisotopic (exact) mass is 344 g/mol. The highest BCUT2D eigenvalue weighted by Crippen LogP contribution is 2.17. The Kier molecular flexibility index (Phi) is 6.67. The van der Waals surface area contributed by atoms with Crippen molar-refractivity contribution < 1.29 is 4.90 Å². The van der Waals surface area contributed by atoms with Crippen molar-refractivity contribution in [1.29, 1.82) is 0 Å². The number of benzene rings is 1. The lowest BCUT2D eigenvalue weighted by molar-refractivity contribution is -0.897. The van der Waals surface area contributed by atoms with Crippen molar-refractivity contribution in [2.24, 2.45) is 0 Å². The molecule has 2 N–H and O–H groups in total. The Balaban J connectivity index is 1.37. The average molecular weight is 345 g/mol. The number of quaternary nitrogens is 1. The fourth-order valence-electron chi connectivity index (χ4n) is 3.67. The molecule has 0 spiro atoms. The van der Waals surface area contributed by atoms with Crippen LogP contribution in [0.3, 0.4) is 0 Å². The van der Waals surface area contributed by atoms with Crippen molar-refractivity contribution in [3.05, 3.63) is 42.0 Å². The zero-order chi connectivity index (χ0) is 16.6. The zero-order valence-corrected chi connectivity index (χ0v) is 15.4. The summed E-state index contributed by atoms with van der Waals surface area (Å²) in [6.45, 7) is 5.60. The molecule has 0 bridgehead atoms. The molecule has 1 aliphatic carbocycles. The predicted octanol–water partition coefficient (Wildman–Crippen LogP) is 2.11. The van der Waals surface area contributed by atoms with Crippen LogP contribution in [0, 0.1) is 0 Å². The van der Waals surface area contributed by atoms with Gasteiger partial charge in [0.2, 0.25) is 0 Å². The second kappa shape index (κ2) is 9.19. The van der Waals surface area contributed by atoms with Gasteiger partial charge in [-0.25, -0.2) is 0 Å². The van der Waals surface area contributed by atoms with Gasteiger partial charge in [-0.05, 0) is 36.7 Å². The van der Waals surface area contributed by atoms with Gasteiger partial charge in [-0.1, -0.05) is 55.7 Å². The highest BCUT2D eigenvalue weighted by Gasteiger charge is 2.22. The van der Waals surface area contributed by atoms with Crippen LogP contribution in [-0.2, 0) is 0 Å². The van der Waals surface area contributed by atoms with E-state index in [1.807, 2.05) is 0 Å². The van der Waals surface area contributed by atoms with E-state index in [-0.39, 0.29) is 0 Å². The molecule has 1 aromatic rings. The molecule has 1 saturated carbocycles. The number of nitrogens with zero attached hydrogens (tertiary/aromatic N) is 1. The summed E-state index contributed by atoms with van der Waals surface area (Å²) in [7, 11) is 0. The SMILES string of the molecule is S=C(NC1CCCCC1)N1CC[NH+](C/C=C/c2ccccc2)CC1. The molecule has 2 aliphatic rings. The lowest BCUT2D eigenvalue weighted by Gasteiger charge is -2.35. The molecule has 1 heterocycles. The molecular formula is C20H30N3S+. The molecule has 2 fully saturated rings. The van der Waals surface area contributed by atoms with Gasteiger partial charge in [-0.15, -0.1) is 0 Å². The molecule has 0 amide bonds. The Morgan fingerprint density at radius 3 is 2.54 bits per heavy atom. The molecule has 0 aromatic heterocycles. The van der Waals surface area contributed by atoms with E-state index in [0.717, 1.165) is 24.7 Å². The molecule has 0 unspecified atom stereocenters. The summed E-state index contributed by atoms with van der Waals surface area (Å²) in [4.78, 5) is 4.02. The Bertz CT molecular complexity index is 529. The summed E-state index contributed by atoms with van der Waals surface area (Å²) in [5.41, 5.74) is 1.29.